The Morgan fingerprint density at radius 3 is 2.10 bits per heavy atom. The van der Waals surface area contributed by atoms with Gasteiger partial charge in [0.2, 0.25) is 5.78 Å². The molecule has 0 heterocycles. The summed E-state index contributed by atoms with van der Waals surface area (Å²) >= 11 is 0. The summed E-state index contributed by atoms with van der Waals surface area (Å²) in [4.78, 5) is 9.91. The number of halogens is 4. The predicted molar refractivity (Wildman–Crippen MR) is 26.5 cm³/mol. The molecule has 0 bridgehead atoms. The Labute approximate surface area is 55.0 Å². The standard InChI is InChI=1S/C5H6F4O/c1-3(10)5(8,9)4(7)2-6/h4H,2H2,1H3. The van der Waals surface area contributed by atoms with Crippen LogP contribution >= 0.6 is 0 Å². The summed E-state index contributed by atoms with van der Waals surface area (Å²) in [6.07, 6.45) is -3.01. The van der Waals surface area contributed by atoms with E-state index in [1.807, 2.05) is 0 Å². The van der Waals surface area contributed by atoms with Crippen LogP contribution in [0.3, 0.4) is 0 Å². The second-order valence-corrected chi connectivity index (χ2v) is 1.80. The van der Waals surface area contributed by atoms with Crippen LogP contribution in [-0.2, 0) is 4.79 Å². The fourth-order valence-electron chi connectivity index (χ4n) is 0.317. The van der Waals surface area contributed by atoms with Crippen molar-refractivity contribution in [2.45, 2.75) is 19.0 Å². The zero-order chi connectivity index (χ0) is 8.36. The third kappa shape index (κ3) is 1.68. The van der Waals surface area contributed by atoms with Crippen molar-refractivity contribution < 1.29 is 22.4 Å². The van der Waals surface area contributed by atoms with Gasteiger partial charge in [0, 0.05) is 6.92 Å². The fourth-order valence-corrected chi connectivity index (χ4v) is 0.317. The van der Waals surface area contributed by atoms with Crippen molar-refractivity contribution in [2.75, 3.05) is 6.67 Å². The fraction of sp³-hybridized carbons (Fsp3) is 0.800. The second-order valence-electron chi connectivity index (χ2n) is 1.80. The van der Waals surface area contributed by atoms with Crippen LogP contribution in [0, 0.1) is 0 Å². The van der Waals surface area contributed by atoms with Gasteiger partial charge in [0.25, 0.3) is 0 Å². The summed E-state index contributed by atoms with van der Waals surface area (Å²) < 4.78 is 47.0. The van der Waals surface area contributed by atoms with Crippen LogP contribution in [0.1, 0.15) is 6.92 Å². The molecular weight excluding hydrogens is 152 g/mol. The number of hydrogen-bond donors (Lipinski definition) is 0. The number of hydrogen-bond acceptors (Lipinski definition) is 1. The molecule has 5 heteroatoms. The van der Waals surface area contributed by atoms with Crippen LogP contribution in [0.15, 0.2) is 0 Å². The van der Waals surface area contributed by atoms with Crippen LogP contribution in [-0.4, -0.2) is 24.6 Å². The molecule has 0 amide bonds. The average Bonchev–Trinajstić information content (AvgIpc) is 1.86. The van der Waals surface area contributed by atoms with Crippen molar-refractivity contribution in [2.24, 2.45) is 0 Å². The lowest BCUT2D eigenvalue weighted by atomic mass is 10.1. The molecule has 1 nitrogen and oxygen atoms in total. The molecule has 0 N–H and O–H groups in total. The molecule has 0 spiro atoms. The normalized spacial score (nSPS) is 14.9. The summed E-state index contributed by atoms with van der Waals surface area (Å²) in [7, 11) is 0. The molecule has 0 aliphatic heterocycles. The molecule has 0 fully saturated rings. The van der Waals surface area contributed by atoms with Gasteiger partial charge in [-0.3, -0.25) is 4.79 Å². The van der Waals surface area contributed by atoms with E-state index in [0.29, 0.717) is 6.92 Å². The van der Waals surface area contributed by atoms with Gasteiger partial charge in [-0.1, -0.05) is 0 Å². The minimum Gasteiger partial charge on any atom is -0.293 e. The van der Waals surface area contributed by atoms with E-state index in [9.17, 15) is 22.4 Å². The Hall–Kier alpha value is -0.610. The highest BCUT2D eigenvalue weighted by Gasteiger charge is 2.45. The minimum atomic E-state index is -4.17. The minimum absolute atomic E-state index is 0.516. The molecule has 0 aliphatic rings. The van der Waals surface area contributed by atoms with Crippen molar-refractivity contribution >= 4 is 5.78 Å². The summed E-state index contributed by atoms with van der Waals surface area (Å²) in [6.45, 7) is -1.32. The molecule has 0 aliphatic carbocycles. The van der Waals surface area contributed by atoms with Crippen LogP contribution < -0.4 is 0 Å². The molecular formula is C5H6F4O. The summed E-state index contributed by atoms with van der Waals surface area (Å²) in [6, 6.07) is 0. The van der Waals surface area contributed by atoms with Crippen molar-refractivity contribution in [1.29, 1.82) is 0 Å². The first kappa shape index (κ1) is 9.39. The Kier molecular flexibility index (Phi) is 2.80. The van der Waals surface area contributed by atoms with E-state index in [-0.39, 0.29) is 0 Å². The van der Waals surface area contributed by atoms with Crippen LogP contribution in [0.5, 0.6) is 0 Å². The molecule has 0 aromatic rings. The molecule has 10 heavy (non-hydrogen) atoms. The van der Waals surface area contributed by atoms with Crippen LogP contribution in [0.25, 0.3) is 0 Å². The molecule has 0 saturated carbocycles. The van der Waals surface area contributed by atoms with Gasteiger partial charge < -0.3 is 0 Å². The van der Waals surface area contributed by atoms with Gasteiger partial charge in [-0.25, -0.2) is 8.78 Å². The van der Waals surface area contributed by atoms with Crippen molar-refractivity contribution in [3.05, 3.63) is 0 Å². The Bertz CT molecular complexity index is 134. The molecule has 60 valence electrons. The van der Waals surface area contributed by atoms with Crippen LogP contribution in [0.4, 0.5) is 17.6 Å². The molecule has 1 unspecified atom stereocenters. The molecule has 0 aromatic carbocycles. The first-order valence-electron chi connectivity index (χ1n) is 2.51. The zero-order valence-corrected chi connectivity index (χ0v) is 5.20. The largest absolute Gasteiger partial charge is 0.338 e. The van der Waals surface area contributed by atoms with Gasteiger partial charge in [0.15, 0.2) is 6.17 Å². The SMILES string of the molecule is CC(=O)C(F)(F)C(F)CF. The lowest BCUT2D eigenvalue weighted by Gasteiger charge is -2.13. The number of rotatable bonds is 3. The highest BCUT2D eigenvalue weighted by molar-refractivity contribution is 5.83. The first-order valence-corrected chi connectivity index (χ1v) is 2.51. The van der Waals surface area contributed by atoms with Gasteiger partial charge in [0.05, 0.1) is 0 Å². The summed E-state index contributed by atoms with van der Waals surface area (Å²) in [5, 5.41) is 0. The van der Waals surface area contributed by atoms with E-state index in [1.165, 1.54) is 0 Å². The predicted octanol–water partition coefficient (Wildman–Crippen LogP) is 1.52. The van der Waals surface area contributed by atoms with Gasteiger partial charge >= 0.3 is 5.92 Å². The van der Waals surface area contributed by atoms with E-state index >= 15 is 0 Å². The maximum atomic E-state index is 12.0. The van der Waals surface area contributed by atoms with E-state index in [4.69, 9.17) is 0 Å². The summed E-state index contributed by atoms with van der Waals surface area (Å²) in [5.74, 6) is -5.83. The average molecular weight is 158 g/mol. The number of alkyl halides is 4. The highest BCUT2D eigenvalue weighted by Crippen LogP contribution is 2.22. The number of ketones is 1. The molecule has 1 atom stereocenters. The molecule has 0 radical (unpaired) electrons. The van der Waals surface area contributed by atoms with Crippen molar-refractivity contribution in [1.82, 2.24) is 0 Å². The van der Waals surface area contributed by atoms with Gasteiger partial charge in [-0.05, 0) is 0 Å². The smallest absolute Gasteiger partial charge is 0.293 e. The Balaban J connectivity index is 4.23. The van der Waals surface area contributed by atoms with Gasteiger partial charge in [0.1, 0.15) is 6.67 Å². The second kappa shape index (κ2) is 2.98. The van der Waals surface area contributed by atoms with Crippen molar-refractivity contribution in [3.63, 3.8) is 0 Å². The van der Waals surface area contributed by atoms with E-state index in [0.717, 1.165) is 0 Å². The molecule has 0 saturated heterocycles. The van der Waals surface area contributed by atoms with Crippen molar-refractivity contribution in [3.8, 4) is 0 Å². The molecule has 0 rings (SSSR count). The summed E-state index contributed by atoms with van der Waals surface area (Å²) in [5.41, 5.74) is 0. The maximum absolute atomic E-state index is 12.0. The third-order valence-electron chi connectivity index (χ3n) is 0.998. The molecule has 0 aromatic heterocycles. The number of Topliss-reactive ketones (excluding diaryl/α,β-unsaturated/α-hetero) is 1. The Morgan fingerprint density at radius 1 is 1.60 bits per heavy atom. The quantitative estimate of drug-likeness (QED) is 0.569. The number of carbonyl (C=O) groups excluding carboxylic acids is 1. The first-order chi connectivity index (χ1) is 4.42. The topological polar surface area (TPSA) is 17.1 Å². The van der Waals surface area contributed by atoms with Gasteiger partial charge in [-0.15, -0.1) is 0 Å². The van der Waals surface area contributed by atoms with E-state index in [1.54, 1.807) is 0 Å². The zero-order valence-electron chi connectivity index (χ0n) is 5.20. The third-order valence-corrected chi connectivity index (χ3v) is 0.998. The maximum Gasteiger partial charge on any atom is 0.338 e. The lowest BCUT2D eigenvalue weighted by molar-refractivity contribution is -0.151. The van der Waals surface area contributed by atoms with Gasteiger partial charge in [-0.2, -0.15) is 8.78 Å². The Morgan fingerprint density at radius 2 is 2.00 bits per heavy atom. The monoisotopic (exact) mass is 158 g/mol. The van der Waals surface area contributed by atoms with Crippen LogP contribution in [0.2, 0.25) is 0 Å². The van der Waals surface area contributed by atoms with E-state index in [2.05, 4.69) is 0 Å². The highest BCUT2D eigenvalue weighted by atomic mass is 19.3. The number of carbonyl (C=O) groups is 1. The van der Waals surface area contributed by atoms with E-state index < -0.39 is 24.6 Å². The lowest BCUT2D eigenvalue weighted by Crippen LogP contribution is -2.38.